The summed E-state index contributed by atoms with van der Waals surface area (Å²) in [4.78, 5) is 11.8. The Balaban J connectivity index is 2.99. The molecule has 0 unspecified atom stereocenters. The molecule has 0 heterocycles. The second-order valence-corrected chi connectivity index (χ2v) is 6.89. The van der Waals surface area contributed by atoms with Crippen LogP contribution in [0.15, 0.2) is 27.6 Å². The summed E-state index contributed by atoms with van der Waals surface area (Å²) in [7, 11) is 0. The number of carboxylic acids is 1. The molecular weight excluding hydrogens is 276 g/mol. The lowest BCUT2D eigenvalue weighted by Crippen LogP contribution is -2.07. The van der Waals surface area contributed by atoms with Crippen LogP contribution >= 0.6 is 27.7 Å². The van der Waals surface area contributed by atoms with Crippen molar-refractivity contribution in [1.29, 1.82) is 0 Å². The van der Waals surface area contributed by atoms with Gasteiger partial charge in [-0.15, -0.1) is 11.8 Å². The molecule has 0 radical (unpaired) electrons. The molecule has 0 atom stereocenters. The summed E-state index contributed by atoms with van der Waals surface area (Å²) in [6, 6.07) is 5.10. The van der Waals surface area contributed by atoms with Gasteiger partial charge in [0.1, 0.15) is 0 Å². The Hall–Kier alpha value is -0.480. The average Bonchev–Trinajstić information content (AvgIpc) is 2.05. The summed E-state index contributed by atoms with van der Waals surface area (Å²) in [6.45, 7) is 6.36. The number of carbonyl (C=O) groups is 1. The first kappa shape index (κ1) is 12.6. The summed E-state index contributed by atoms with van der Waals surface area (Å²) in [5.41, 5.74) is 0.306. The quantitative estimate of drug-likeness (QED) is 0.835. The van der Waals surface area contributed by atoms with E-state index in [0.29, 0.717) is 5.56 Å². The van der Waals surface area contributed by atoms with Gasteiger partial charge in [-0.1, -0.05) is 20.8 Å². The molecule has 82 valence electrons. The molecule has 0 fully saturated rings. The van der Waals surface area contributed by atoms with E-state index >= 15 is 0 Å². The number of hydrogen-bond acceptors (Lipinski definition) is 2. The van der Waals surface area contributed by atoms with Crippen LogP contribution in [-0.2, 0) is 0 Å². The van der Waals surface area contributed by atoms with Crippen molar-refractivity contribution in [3.63, 3.8) is 0 Å². The zero-order valence-electron chi connectivity index (χ0n) is 8.87. The van der Waals surface area contributed by atoms with E-state index in [4.69, 9.17) is 5.11 Å². The third-order valence-electron chi connectivity index (χ3n) is 1.59. The predicted molar refractivity (Wildman–Crippen MR) is 66.7 cm³/mol. The first-order chi connectivity index (χ1) is 6.79. The molecule has 0 amide bonds. The number of benzene rings is 1. The lowest BCUT2D eigenvalue weighted by molar-refractivity contribution is 0.0696. The largest absolute Gasteiger partial charge is 0.478 e. The van der Waals surface area contributed by atoms with Crippen molar-refractivity contribution < 1.29 is 9.90 Å². The highest BCUT2D eigenvalue weighted by atomic mass is 79.9. The number of halogens is 1. The molecule has 0 saturated heterocycles. The van der Waals surface area contributed by atoms with Crippen LogP contribution in [0.3, 0.4) is 0 Å². The van der Waals surface area contributed by atoms with Crippen LogP contribution in [-0.4, -0.2) is 15.8 Å². The Labute approximate surface area is 102 Å². The van der Waals surface area contributed by atoms with Gasteiger partial charge < -0.3 is 5.11 Å². The molecule has 1 aromatic rings. The normalized spacial score (nSPS) is 11.5. The Morgan fingerprint density at radius 2 is 2.00 bits per heavy atom. The van der Waals surface area contributed by atoms with Gasteiger partial charge in [0.05, 0.1) is 5.56 Å². The fourth-order valence-corrected chi connectivity index (χ4v) is 2.62. The highest BCUT2D eigenvalue weighted by Gasteiger charge is 2.15. The van der Waals surface area contributed by atoms with Crippen LogP contribution in [0, 0.1) is 0 Å². The summed E-state index contributed by atoms with van der Waals surface area (Å²) >= 11 is 5.09. The maximum Gasteiger partial charge on any atom is 0.335 e. The van der Waals surface area contributed by atoms with Crippen LogP contribution in [0.1, 0.15) is 31.1 Å². The molecule has 1 N–H and O–H groups in total. The van der Waals surface area contributed by atoms with E-state index in [1.54, 1.807) is 23.9 Å². The van der Waals surface area contributed by atoms with E-state index in [0.717, 1.165) is 9.37 Å². The van der Waals surface area contributed by atoms with E-state index in [-0.39, 0.29) is 4.75 Å². The van der Waals surface area contributed by atoms with Gasteiger partial charge in [-0.05, 0) is 34.1 Å². The van der Waals surface area contributed by atoms with Crippen LogP contribution in [0.4, 0.5) is 0 Å². The first-order valence-corrected chi connectivity index (χ1v) is 6.12. The number of aromatic carboxylic acids is 1. The first-order valence-electron chi connectivity index (χ1n) is 4.51. The minimum Gasteiger partial charge on any atom is -0.478 e. The zero-order chi connectivity index (χ0) is 11.6. The molecule has 0 aliphatic carbocycles. The van der Waals surface area contributed by atoms with E-state index in [2.05, 4.69) is 36.7 Å². The molecular formula is C11H13BrO2S. The van der Waals surface area contributed by atoms with E-state index in [1.807, 2.05) is 6.07 Å². The summed E-state index contributed by atoms with van der Waals surface area (Å²) in [6.07, 6.45) is 0. The number of carboxylic acid groups (broad SMARTS) is 1. The smallest absolute Gasteiger partial charge is 0.335 e. The lowest BCUT2D eigenvalue weighted by Gasteiger charge is -2.18. The Morgan fingerprint density at radius 3 is 2.40 bits per heavy atom. The van der Waals surface area contributed by atoms with E-state index in [9.17, 15) is 4.79 Å². The summed E-state index contributed by atoms with van der Waals surface area (Å²) in [5, 5.41) is 8.81. The molecule has 2 nitrogen and oxygen atoms in total. The molecule has 1 rings (SSSR count). The predicted octanol–water partition coefficient (Wildman–Crippen LogP) is 4.04. The molecule has 0 spiro atoms. The van der Waals surface area contributed by atoms with Crippen molar-refractivity contribution in [2.45, 2.75) is 30.4 Å². The third kappa shape index (κ3) is 3.87. The third-order valence-corrected chi connectivity index (χ3v) is 3.70. The Bertz CT molecular complexity index is 383. The molecule has 0 aromatic heterocycles. The second-order valence-electron chi connectivity index (χ2n) is 4.16. The van der Waals surface area contributed by atoms with E-state index < -0.39 is 5.97 Å². The molecule has 0 bridgehead atoms. The summed E-state index contributed by atoms with van der Waals surface area (Å²) < 4.78 is 0.954. The Kier molecular flexibility index (Phi) is 3.84. The fraction of sp³-hybridized carbons (Fsp3) is 0.364. The monoisotopic (exact) mass is 288 g/mol. The minimum atomic E-state index is -0.900. The maximum absolute atomic E-state index is 10.7. The van der Waals surface area contributed by atoms with Crippen molar-refractivity contribution in [3.8, 4) is 0 Å². The number of hydrogen-bond donors (Lipinski definition) is 1. The highest BCUT2D eigenvalue weighted by Crippen LogP contribution is 2.36. The SMILES string of the molecule is CC(C)(C)Sc1ccc(C(=O)O)cc1Br. The van der Waals surface area contributed by atoms with Crippen molar-refractivity contribution >= 4 is 33.7 Å². The van der Waals surface area contributed by atoms with Crippen molar-refractivity contribution in [2.75, 3.05) is 0 Å². The van der Waals surface area contributed by atoms with Crippen molar-refractivity contribution in [1.82, 2.24) is 0 Å². The van der Waals surface area contributed by atoms with Crippen molar-refractivity contribution in [3.05, 3.63) is 28.2 Å². The van der Waals surface area contributed by atoms with Gasteiger partial charge in [0.25, 0.3) is 0 Å². The van der Waals surface area contributed by atoms with Crippen LogP contribution in [0.2, 0.25) is 0 Å². The van der Waals surface area contributed by atoms with E-state index in [1.165, 1.54) is 0 Å². The lowest BCUT2D eigenvalue weighted by atomic mass is 10.2. The molecule has 4 heteroatoms. The molecule has 0 aliphatic heterocycles. The van der Waals surface area contributed by atoms with Crippen LogP contribution in [0.25, 0.3) is 0 Å². The minimum absolute atomic E-state index is 0.118. The van der Waals surface area contributed by atoms with Gasteiger partial charge in [0.2, 0.25) is 0 Å². The van der Waals surface area contributed by atoms with Crippen LogP contribution in [0.5, 0.6) is 0 Å². The Morgan fingerprint density at radius 1 is 1.40 bits per heavy atom. The van der Waals surface area contributed by atoms with Crippen molar-refractivity contribution in [2.24, 2.45) is 0 Å². The average molecular weight is 289 g/mol. The van der Waals surface area contributed by atoms with Crippen LogP contribution < -0.4 is 0 Å². The number of rotatable bonds is 2. The van der Waals surface area contributed by atoms with Gasteiger partial charge in [-0.3, -0.25) is 0 Å². The zero-order valence-corrected chi connectivity index (χ0v) is 11.3. The molecule has 15 heavy (non-hydrogen) atoms. The van der Waals surface area contributed by atoms with Gasteiger partial charge in [-0.25, -0.2) is 4.79 Å². The summed E-state index contributed by atoms with van der Waals surface area (Å²) in [5.74, 6) is -0.900. The number of thioether (sulfide) groups is 1. The topological polar surface area (TPSA) is 37.3 Å². The molecule has 0 saturated carbocycles. The molecule has 1 aromatic carbocycles. The fourth-order valence-electron chi connectivity index (χ4n) is 1.05. The second kappa shape index (κ2) is 4.58. The molecule has 0 aliphatic rings. The highest BCUT2D eigenvalue weighted by molar-refractivity contribution is 9.10. The maximum atomic E-state index is 10.7. The standard InChI is InChI=1S/C11H13BrO2S/c1-11(2,3)15-9-5-4-7(10(13)14)6-8(9)12/h4-6H,1-3H3,(H,13,14). The van der Waals surface area contributed by atoms with Gasteiger partial charge in [0, 0.05) is 14.1 Å². The van der Waals surface area contributed by atoms with Gasteiger partial charge in [0.15, 0.2) is 0 Å². The van der Waals surface area contributed by atoms with Gasteiger partial charge >= 0.3 is 5.97 Å². The van der Waals surface area contributed by atoms with Gasteiger partial charge in [-0.2, -0.15) is 0 Å².